The van der Waals surface area contributed by atoms with Gasteiger partial charge in [-0.2, -0.15) is 0 Å². The molecule has 2 atom stereocenters. The van der Waals surface area contributed by atoms with E-state index in [2.05, 4.69) is 24.5 Å². The fourth-order valence-corrected chi connectivity index (χ4v) is 4.89. The van der Waals surface area contributed by atoms with E-state index in [1.165, 1.54) is 32.1 Å². The minimum Gasteiger partial charge on any atom is -0.388 e. The number of aliphatic hydroxyl groups is 1. The summed E-state index contributed by atoms with van der Waals surface area (Å²) in [5.74, 6) is 0.831. The molecule has 6 nitrogen and oxygen atoms in total. The molecule has 2 unspecified atom stereocenters. The van der Waals surface area contributed by atoms with Crippen molar-refractivity contribution in [2.24, 2.45) is 10.4 Å². The molecule has 158 valence electrons. The van der Waals surface area contributed by atoms with Crippen molar-refractivity contribution in [1.29, 1.82) is 0 Å². The van der Waals surface area contributed by atoms with Gasteiger partial charge in [0.15, 0.2) is 5.96 Å². The average molecular weight is 495 g/mol. The van der Waals surface area contributed by atoms with Crippen LogP contribution in [0.5, 0.6) is 0 Å². The van der Waals surface area contributed by atoms with Crippen LogP contribution in [0.15, 0.2) is 4.99 Å². The quantitative estimate of drug-likeness (QED) is 0.300. The summed E-state index contributed by atoms with van der Waals surface area (Å²) >= 11 is 0. The van der Waals surface area contributed by atoms with Crippen LogP contribution in [0.2, 0.25) is 0 Å². The van der Waals surface area contributed by atoms with Gasteiger partial charge in [0.25, 0.3) is 0 Å². The molecule has 1 spiro atoms. The lowest BCUT2D eigenvalue weighted by Crippen LogP contribution is -2.66. The first kappa shape index (κ1) is 23.2. The molecular formula is C20H38IN3O3. The first-order valence-corrected chi connectivity index (χ1v) is 10.6. The van der Waals surface area contributed by atoms with Crippen molar-refractivity contribution in [3.63, 3.8) is 0 Å². The van der Waals surface area contributed by atoms with Gasteiger partial charge in [0, 0.05) is 50.7 Å². The van der Waals surface area contributed by atoms with E-state index in [0.717, 1.165) is 25.5 Å². The fraction of sp³-hybridized carbons (Fsp3) is 0.950. The van der Waals surface area contributed by atoms with E-state index < -0.39 is 5.60 Å². The summed E-state index contributed by atoms with van der Waals surface area (Å²) in [4.78, 5) is 4.73. The molecule has 3 N–H and O–H groups in total. The first-order valence-electron chi connectivity index (χ1n) is 10.6. The Morgan fingerprint density at radius 2 is 1.85 bits per heavy atom. The Bertz CT molecular complexity index is 477. The molecule has 1 saturated heterocycles. The highest BCUT2D eigenvalue weighted by atomic mass is 127. The van der Waals surface area contributed by atoms with Crippen LogP contribution in [0.25, 0.3) is 0 Å². The summed E-state index contributed by atoms with van der Waals surface area (Å²) < 4.78 is 11.4. The molecular weight excluding hydrogens is 457 g/mol. The van der Waals surface area contributed by atoms with Gasteiger partial charge in [-0.05, 0) is 33.1 Å². The summed E-state index contributed by atoms with van der Waals surface area (Å²) in [6.45, 7) is 7.47. The number of rotatable bonds is 6. The van der Waals surface area contributed by atoms with Crippen molar-refractivity contribution in [2.75, 3.05) is 32.9 Å². The van der Waals surface area contributed by atoms with Gasteiger partial charge < -0.3 is 25.2 Å². The third-order valence-electron chi connectivity index (χ3n) is 6.55. The molecule has 3 rings (SSSR count). The molecule has 2 saturated carbocycles. The number of halogens is 1. The van der Waals surface area contributed by atoms with E-state index in [9.17, 15) is 5.11 Å². The van der Waals surface area contributed by atoms with Crippen molar-refractivity contribution >= 4 is 29.9 Å². The first-order chi connectivity index (χ1) is 12.6. The molecule has 2 aliphatic carbocycles. The van der Waals surface area contributed by atoms with Gasteiger partial charge in [-0.1, -0.05) is 19.3 Å². The molecule has 0 aromatic heterocycles. The monoisotopic (exact) mass is 495 g/mol. The maximum Gasteiger partial charge on any atom is 0.191 e. The fourth-order valence-electron chi connectivity index (χ4n) is 4.89. The normalized spacial score (nSPS) is 29.5. The molecule has 1 aliphatic heterocycles. The number of guanidine groups is 1. The second-order valence-corrected chi connectivity index (χ2v) is 8.20. The zero-order valence-electron chi connectivity index (χ0n) is 17.0. The van der Waals surface area contributed by atoms with Crippen molar-refractivity contribution in [3.05, 3.63) is 0 Å². The van der Waals surface area contributed by atoms with Gasteiger partial charge >= 0.3 is 0 Å². The lowest BCUT2D eigenvalue weighted by atomic mass is 9.55. The number of hydrogen-bond donors (Lipinski definition) is 3. The van der Waals surface area contributed by atoms with Gasteiger partial charge in [0.1, 0.15) is 0 Å². The van der Waals surface area contributed by atoms with E-state index >= 15 is 0 Å². The van der Waals surface area contributed by atoms with E-state index in [1.54, 1.807) is 0 Å². The SMILES string of the molecule is CCNC(=NCC1(O)CCOCC1)NC1CC(OCC)C12CCCCC2.I. The zero-order valence-corrected chi connectivity index (χ0v) is 19.3. The molecule has 0 bridgehead atoms. The van der Waals surface area contributed by atoms with Crippen LogP contribution in [0.4, 0.5) is 0 Å². The van der Waals surface area contributed by atoms with Crippen molar-refractivity contribution in [2.45, 2.75) is 83.0 Å². The Hall–Kier alpha value is -0.120. The smallest absolute Gasteiger partial charge is 0.191 e. The average Bonchev–Trinajstić information content (AvgIpc) is 2.66. The highest BCUT2D eigenvalue weighted by molar-refractivity contribution is 14.0. The van der Waals surface area contributed by atoms with Gasteiger partial charge in [-0.15, -0.1) is 24.0 Å². The van der Waals surface area contributed by atoms with Crippen LogP contribution >= 0.6 is 24.0 Å². The second kappa shape index (κ2) is 10.6. The van der Waals surface area contributed by atoms with Crippen LogP contribution in [-0.4, -0.2) is 61.7 Å². The summed E-state index contributed by atoms with van der Waals surface area (Å²) in [5, 5.41) is 17.7. The topological polar surface area (TPSA) is 75.1 Å². The van der Waals surface area contributed by atoms with Gasteiger partial charge in [-0.3, -0.25) is 4.99 Å². The third kappa shape index (κ3) is 5.48. The number of aliphatic imine (C=N–C) groups is 1. The molecule has 27 heavy (non-hydrogen) atoms. The van der Waals surface area contributed by atoms with Crippen molar-refractivity contribution in [1.82, 2.24) is 10.6 Å². The lowest BCUT2D eigenvalue weighted by Gasteiger charge is -2.58. The predicted octanol–water partition coefficient (Wildman–Crippen LogP) is 2.83. The van der Waals surface area contributed by atoms with E-state index in [1.807, 2.05) is 0 Å². The molecule has 7 heteroatoms. The lowest BCUT2D eigenvalue weighted by molar-refractivity contribution is -0.145. The predicted molar refractivity (Wildman–Crippen MR) is 119 cm³/mol. The molecule has 0 radical (unpaired) electrons. The minimum absolute atomic E-state index is 0. The Morgan fingerprint density at radius 3 is 2.48 bits per heavy atom. The van der Waals surface area contributed by atoms with Gasteiger partial charge in [0.2, 0.25) is 0 Å². The zero-order chi connectivity index (χ0) is 18.5. The molecule has 3 fully saturated rings. The van der Waals surface area contributed by atoms with E-state index in [4.69, 9.17) is 14.5 Å². The highest BCUT2D eigenvalue weighted by Gasteiger charge is 2.55. The maximum atomic E-state index is 10.7. The number of hydrogen-bond acceptors (Lipinski definition) is 4. The summed E-state index contributed by atoms with van der Waals surface area (Å²) in [7, 11) is 0. The minimum atomic E-state index is -0.726. The Morgan fingerprint density at radius 1 is 1.15 bits per heavy atom. The summed E-state index contributed by atoms with van der Waals surface area (Å²) in [5.41, 5.74) is -0.462. The number of ether oxygens (including phenoxy) is 2. The standard InChI is InChI=1S/C20H37N3O3.HI/c1-3-21-18(22-15-19(24)10-12-25-13-11-19)23-16-14-17(26-4-2)20(16)8-6-5-7-9-20;/h16-17,24H,3-15H2,1-2H3,(H2,21,22,23);1H. The van der Waals surface area contributed by atoms with Crippen molar-refractivity contribution in [3.8, 4) is 0 Å². The van der Waals surface area contributed by atoms with E-state index in [-0.39, 0.29) is 29.4 Å². The number of nitrogens with one attached hydrogen (secondary N) is 2. The van der Waals surface area contributed by atoms with Crippen LogP contribution in [0, 0.1) is 5.41 Å². The van der Waals surface area contributed by atoms with Crippen LogP contribution in [0.3, 0.4) is 0 Å². The molecule has 0 amide bonds. The largest absolute Gasteiger partial charge is 0.388 e. The van der Waals surface area contributed by atoms with Crippen LogP contribution in [0.1, 0.15) is 65.2 Å². The maximum absolute atomic E-state index is 10.7. The number of nitrogens with zero attached hydrogens (tertiary/aromatic N) is 1. The molecule has 1 heterocycles. The van der Waals surface area contributed by atoms with Crippen LogP contribution in [-0.2, 0) is 9.47 Å². The second-order valence-electron chi connectivity index (χ2n) is 8.20. The van der Waals surface area contributed by atoms with E-state index in [0.29, 0.717) is 44.7 Å². The molecule has 0 aromatic carbocycles. The summed E-state index contributed by atoms with van der Waals surface area (Å²) in [6, 6.07) is 0.418. The Kier molecular flexibility index (Phi) is 9.09. The molecule has 0 aromatic rings. The van der Waals surface area contributed by atoms with Gasteiger partial charge in [0.05, 0.1) is 18.2 Å². The van der Waals surface area contributed by atoms with Gasteiger partial charge in [-0.25, -0.2) is 0 Å². The summed E-state index contributed by atoms with van der Waals surface area (Å²) in [6.07, 6.45) is 9.20. The Labute approximate surface area is 181 Å². The highest BCUT2D eigenvalue weighted by Crippen LogP contribution is 2.53. The third-order valence-corrected chi connectivity index (χ3v) is 6.55. The van der Waals surface area contributed by atoms with Crippen LogP contribution < -0.4 is 10.6 Å². The molecule has 3 aliphatic rings. The Balaban J connectivity index is 0.00000261. The van der Waals surface area contributed by atoms with Crippen molar-refractivity contribution < 1.29 is 14.6 Å².